The Labute approximate surface area is 119 Å². The third-order valence-electron chi connectivity index (χ3n) is 4.27. The van der Waals surface area contributed by atoms with E-state index in [4.69, 9.17) is 4.74 Å². The number of hydrogen-bond acceptors (Lipinski definition) is 4. The van der Waals surface area contributed by atoms with Gasteiger partial charge in [-0.15, -0.1) is 0 Å². The average Bonchev–Trinajstić information content (AvgIpc) is 3.03. The van der Waals surface area contributed by atoms with Crippen molar-refractivity contribution in [1.82, 2.24) is 20.0 Å². The van der Waals surface area contributed by atoms with E-state index in [1.807, 2.05) is 4.90 Å². The summed E-state index contributed by atoms with van der Waals surface area (Å²) in [6.07, 6.45) is 5.46. The normalized spacial score (nSPS) is 22.1. The van der Waals surface area contributed by atoms with Crippen molar-refractivity contribution in [3.05, 3.63) is 18.0 Å². The van der Waals surface area contributed by atoms with Gasteiger partial charge in [0.2, 0.25) is 0 Å². The maximum atomic E-state index is 12.2. The summed E-state index contributed by atoms with van der Waals surface area (Å²) >= 11 is 0. The van der Waals surface area contributed by atoms with Crippen molar-refractivity contribution in [1.29, 1.82) is 0 Å². The Kier molecular flexibility index (Phi) is 4.32. The van der Waals surface area contributed by atoms with Gasteiger partial charge in [0.25, 0.3) is 5.91 Å². The van der Waals surface area contributed by atoms with Crippen LogP contribution in [0.1, 0.15) is 23.2 Å². The molecule has 0 atom stereocenters. The van der Waals surface area contributed by atoms with Crippen molar-refractivity contribution >= 4 is 5.91 Å². The molecule has 2 saturated heterocycles. The number of amides is 1. The van der Waals surface area contributed by atoms with E-state index < -0.39 is 0 Å². The number of rotatable bonds is 3. The monoisotopic (exact) mass is 278 g/mol. The fraction of sp³-hybridized carbons (Fsp3) is 0.714. The Morgan fingerprint density at radius 1 is 1.30 bits per heavy atom. The molecule has 1 aromatic heterocycles. The van der Waals surface area contributed by atoms with E-state index in [1.165, 1.54) is 0 Å². The van der Waals surface area contributed by atoms with Crippen LogP contribution in [0.2, 0.25) is 0 Å². The molecule has 20 heavy (non-hydrogen) atoms. The fourth-order valence-electron chi connectivity index (χ4n) is 3.02. The van der Waals surface area contributed by atoms with Gasteiger partial charge in [0.1, 0.15) is 0 Å². The molecular formula is C14H22N4O2. The molecule has 0 aliphatic carbocycles. The molecule has 1 N–H and O–H groups in total. The second kappa shape index (κ2) is 6.37. The summed E-state index contributed by atoms with van der Waals surface area (Å²) in [5.41, 5.74) is 0.664. The Bertz CT molecular complexity index is 420. The summed E-state index contributed by atoms with van der Waals surface area (Å²) in [7, 11) is 0. The van der Waals surface area contributed by atoms with Gasteiger partial charge in [-0.25, -0.2) is 0 Å². The van der Waals surface area contributed by atoms with E-state index in [0.717, 1.165) is 58.8 Å². The summed E-state index contributed by atoms with van der Waals surface area (Å²) in [4.78, 5) is 16.6. The van der Waals surface area contributed by atoms with Crippen molar-refractivity contribution in [2.75, 3.05) is 45.9 Å². The lowest BCUT2D eigenvalue weighted by Gasteiger charge is -2.35. The predicted octanol–water partition coefficient (Wildman–Crippen LogP) is 0.594. The molecule has 0 spiro atoms. The van der Waals surface area contributed by atoms with Gasteiger partial charge in [-0.3, -0.25) is 14.8 Å². The Balaban J connectivity index is 1.45. The highest BCUT2D eigenvalue weighted by Crippen LogP contribution is 2.20. The molecule has 0 radical (unpaired) electrons. The van der Waals surface area contributed by atoms with Crippen LogP contribution in [0.25, 0.3) is 0 Å². The van der Waals surface area contributed by atoms with E-state index in [1.54, 1.807) is 12.4 Å². The molecule has 0 unspecified atom stereocenters. The van der Waals surface area contributed by atoms with Crippen LogP contribution in [0.5, 0.6) is 0 Å². The largest absolute Gasteiger partial charge is 0.379 e. The van der Waals surface area contributed by atoms with Gasteiger partial charge < -0.3 is 9.64 Å². The molecule has 1 amide bonds. The molecule has 1 aromatic rings. The molecule has 2 aliphatic heterocycles. The van der Waals surface area contributed by atoms with Crippen LogP contribution in [0.15, 0.2) is 12.4 Å². The number of nitrogens with one attached hydrogen (secondary N) is 1. The Morgan fingerprint density at radius 3 is 2.70 bits per heavy atom. The quantitative estimate of drug-likeness (QED) is 0.879. The minimum absolute atomic E-state index is 0.101. The van der Waals surface area contributed by atoms with Crippen molar-refractivity contribution in [3.8, 4) is 0 Å². The van der Waals surface area contributed by atoms with Crippen LogP contribution in [0, 0.1) is 5.92 Å². The third-order valence-corrected chi connectivity index (χ3v) is 4.27. The zero-order chi connectivity index (χ0) is 13.8. The number of aromatic amines is 1. The zero-order valence-electron chi connectivity index (χ0n) is 11.8. The Hall–Kier alpha value is -1.40. The van der Waals surface area contributed by atoms with E-state index in [9.17, 15) is 4.79 Å². The van der Waals surface area contributed by atoms with Crippen molar-refractivity contribution in [2.24, 2.45) is 5.92 Å². The van der Waals surface area contributed by atoms with Crippen LogP contribution >= 0.6 is 0 Å². The lowest BCUT2D eigenvalue weighted by atomic mass is 9.95. The SMILES string of the molecule is O=C(c1cn[nH]c1)N1CCC(CN2CCOCC2)CC1. The zero-order valence-corrected chi connectivity index (χ0v) is 11.8. The summed E-state index contributed by atoms with van der Waals surface area (Å²) in [5.74, 6) is 0.810. The lowest BCUT2D eigenvalue weighted by molar-refractivity contribution is 0.0243. The average molecular weight is 278 g/mol. The minimum atomic E-state index is 0.101. The molecule has 2 fully saturated rings. The van der Waals surface area contributed by atoms with E-state index in [2.05, 4.69) is 15.1 Å². The van der Waals surface area contributed by atoms with Crippen molar-refractivity contribution in [2.45, 2.75) is 12.8 Å². The van der Waals surface area contributed by atoms with Crippen LogP contribution in [-0.4, -0.2) is 71.8 Å². The van der Waals surface area contributed by atoms with E-state index in [0.29, 0.717) is 11.5 Å². The second-order valence-electron chi connectivity index (χ2n) is 5.64. The number of aromatic nitrogens is 2. The number of nitrogens with zero attached hydrogens (tertiary/aromatic N) is 3. The van der Waals surface area contributed by atoms with Gasteiger partial charge in [-0.05, 0) is 18.8 Å². The molecule has 0 aromatic carbocycles. The summed E-state index contributed by atoms with van der Waals surface area (Å²) in [6.45, 7) is 6.69. The third kappa shape index (κ3) is 3.19. The smallest absolute Gasteiger partial charge is 0.257 e. The minimum Gasteiger partial charge on any atom is -0.379 e. The highest BCUT2D eigenvalue weighted by molar-refractivity contribution is 5.93. The standard InChI is InChI=1S/C14H22N4O2/c19-14(13-9-15-16-10-13)18-3-1-12(2-4-18)11-17-5-7-20-8-6-17/h9-10,12H,1-8,11H2,(H,15,16). The molecule has 110 valence electrons. The molecule has 0 saturated carbocycles. The molecule has 3 heterocycles. The van der Waals surface area contributed by atoms with Gasteiger partial charge >= 0.3 is 0 Å². The number of ether oxygens (including phenoxy) is 1. The van der Waals surface area contributed by atoms with E-state index in [-0.39, 0.29) is 5.91 Å². The van der Waals surface area contributed by atoms with Gasteiger partial charge in [0.05, 0.1) is 25.0 Å². The molecule has 6 heteroatoms. The first-order chi connectivity index (χ1) is 9.83. The first kappa shape index (κ1) is 13.6. The Morgan fingerprint density at radius 2 is 2.05 bits per heavy atom. The first-order valence-electron chi connectivity index (χ1n) is 7.41. The molecule has 0 bridgehead atoms. The van der Waals surface area contributed by atoms with Gasteiger partial charge in [0.15, 0.2) is 0 Å². The van der Waals surface area contributed by atoms with Crippen LogP contribution in [0.4, 0.5) is 0 Å². The predicted molar refractivity (Wildman–Crippen MR) is 74.5 cm³/mol. The summed E-state index contributed by atoms with van der Waals surface area (Å²) < 4.78 is 5.38. The maximum Gasteiger partial charge on any atom is 0.257 e. The number of piperidine rings is 1. The van der Waals surface area contributed by atoms with Crippen molar-refractivity contribution in [3.63, 3.8) is 0 Å². The number of morpholine rings is 1. The molecule has 2 aliphatic rings. The van der Waals surface area contributed by atoms with Crippen molar-refractivity contribution < 1.29 is 9.53 Å². The number of likely N-dealkylation sites (tertiary alicyclic amines) is 1. The number of carbonyl (C=O) groups excluding carboxylic acids is 1. The molecule has 6 nitrogen and oxygen atoms in total. The molecule has 3 rings (SSSR count). The van der Waals surface area contributed by atoms with Gasteiger partial charge in [-0.1, -0.05) is 0 Å². The fourth-order valence-corrected chi connectivity index (χ4v) is 3.02. The number of H-pyrrole nitrogens is 1. The topological polar surface area (TPSA) is 61.5 Å². The lowest BCUT2D eigenvalue weighted by Crippen LogP contribution is -2.44. The maximum absolute atomic E-state index is 12.2. The summed E-state index contributed by atoms with van der Waals surface area (Å²) in [5, 5.41) is 6.54. The van der Waals surface area contributed by atoms with Crippen LogP contribution in [0.3, 0.4) is 0 Å². The second-order valence-corrected chi connectivity index (χ2v) is 5.64. The van der Waals surface area contributed by atoms with Gasteiger partial charge in [0, 0.05) is 38.9 Å². The number of carbonyl (C=O) groups is 1. The summed E-state index contributed by atoms with van der Waals surface area (Å²) in [6, 6.07) is 0. The molecular weight excluding hydrogens is 256 g/mol. The van der Waals surface area contributed by atoms with Gasteiger partial charge in [-0.2, -0.15) is 5.10 Å². The highest BCUT2D eigenvalue weighted by Gasteiger charge is 2.25. The number of hydrogen-bond donors (Lipinski definition) is 1. The highest BCUT2D eigenvalue weighted by atomic mass is 16.5. The van der Waals surface area contributed by atoms with Crippen LogP contribution < -0.4 is 0 Å². The van der Waals surface area contributed by atoms with E-state index >= 15 is 0 Å². The first-order valence-corrected chi connectivity index (χ1v) is 7.41. The van der Waals surface area contributed by atoms with Crippen LogP contribution in [-0.2, 0) is 4.74 Å².